The summed E-state index contributed by atoms with van der Waals surface area (Å²) in [5, 5.41) is 15.2. The van der Waals surface area contributed by atoms with Gasteiger partial charge in [0.2, 0.25) is 0 Å². The van der Waals surface area contributed by atoms with Crippen molar-refractivity contribution in [3.8, 4) is 5.75 Å². The van der Waals surface area contributed by atoms with E-state index < -0.39 is 0 Å². The number of nitrogens with one attached hydrogen (secondary N) is 3. The van der Waals surface area contributed by atoms with E-state index in [-0.39, 0.29) is 11.8 Å². The van der Waals surface area contributed by atoms with Crippen LogP contribution in [-0.2, 0) is 6.54 Å². The van der Waals surface area contributed by atoms with Crippen molar-refractivity contribution in [3.63, 3.8) is 0 Å². The number of aromatic amines is 1. The lowest BCUT2D eigenvalue weighted by molar-refractivity contribution is 0.0954. The number of aromatic nitrogens is 2. The molecule has 9 heteroatoms. The fraction of sp³-hybridized carbons (Fsp3) is 0.105. The Hall–Kier alpha value is -3.17. The number of nitrogens with zero attached hydrogens (tertiary/aromatic N) is 1. The van der Waals surface area contributed by atoms with Gasteiger partial charge in [-0.2, -0.15) is 5.10 Å². The van der Waals surface area contributed by atoms with Crippen LogP contribution in [0.5, 0.6) is 5.75 Å². The second kappa shape index (κ2) is 7.83. The number of H-pyrrole nitrogens is 1. The summed E-state index contributed by atoms with van der Waals surface area (Å²) in [6.07, 6.45) is 0. The topological polar surface area (TPSA) is 96.1 Å². The Morgan fingerprint density at radius 2 is 2.00 bits per heavy atom. The summed E-state index contributed by atoms with van der Waals surface area (Å²) in [5.41, 5.74) is 0.893. The molecule has 0 aliphatic rings. The lowest BCUT2D eigenvalue weighted by Gasteiger charge is -2.08. The minimum absolute atomic E-state index is 0.204. The molecule has 0 saturated heterocycles. The van der Waals surface area contributed by atoms with Gasteiger partial charge in [0.25, 0.3) is 11.8 Å². The summed E-state index contributed by atoms with van der Waals surface area (Å²) in [6.45, 7) is 0.354. The minimum atomic E-state index is -0.214. The molecule has 4 aromatic rings. The van der Waals surface area contributed by atoms with E-state index in [0.717, 1.165) is 11.3 Å². The molecule has 3 N–H and O–H groups in total. The van der Waals surface area contributed by atoms with Crippen LogP contribution in [0.15, 0.2) is 47.8 Å². The van der Waals surface area contributed by atoms with Crippen LogP contribution in [0, 0.1) is 0 Å². The number of fused-ring (bicyclic) bond motifs is 1. The molecule has 0 spiro atoms. The molecule has 3 aromatic heterocycles. The number of hydrogen-bond acceptors (Lipinski definition) is 6. The molecule has 7 nitrogen and oxygen atoms in total. The highest BCUT2D eigenvalue weighted by atomic mass is 32.1. The van der Waals surface area contributed by atoms with Crippen LogP contribution in [0.25, 0.3) is 10.2 Å². The van der Waals surface area contributed by atoms with Crippen molar-refractivity contribution in [1.29, 1.82) is 0 Å². The zero-order chi connectivity index (χ0) is 19.5. The predicted molar refractivity (Wildman–Crippen MR) is 110 cm³/mol. The van der Waals surface area contributed by atoms with Gasteiger partial charge in [-0.1, -0.05) is 24.3 Å². The molecule has 0 bridgehead atoms. The molecular formula is C19H16N4O3S2. The van der Waals surface area contributed by atoms with Crippen molar-refractivity contribution >= 4 is 50.5 Å². The monoisotopic (exact) mass is 412 g/mol. The Bertz CT molecular complexity index is 1130. The van der Waals surface area contributed by atoms with Crippen molar-refractivity contribution in [3.05, 3.63) is 63.2 Å². The number of carbonyl (C=O) groups excluding carboxylic acids is 2. The van der Waals surface area contributed by atoms with Crippen LogP contribution in [0.3, 0.4) is 0 Å². The van der Waals surface area contributed by atoms with Gasteiger partial charge in [-0.05, 0) is 23.6 Å². The van der Waals surface area contributed by atoms with Crippen LogP contribution in [0.1, 0.15) is 24.9 Å². The zero-order valence-electron chi connectivity index (χ0n) is 14.8. The molecule has 142 valence electrons. The normalized spacial score (nSPS) is 10.8. The smallest absolute Gasteiger partial charge is 0.266 e. The fourth-order valence-corrected chi connectivity index (χ4v) is 4.24. The van der Waals surface area contributed by atoms with E-state index in [1.807, 2.05) is 35.7 Å². The molecule has 0 aliphatic heterocycles. The first-order chi connectivity index (χ1) is 13.7. The number of hydrogen-bond donors (Lipinski definition) is 3. The number of carbonyl (C=O) groups is 2. The average Bonchev–Trinajstić information content (AvgIpc) is 3.45. The lowest BCUT2D eigenvalue weighted by atomic mass is 10.2. The average molecular weight is 412 g/mol. The summed E-state index contributed by atoms with van der Waals surface area (Å²) in [5.74, 6) is 0.786. The van der Waals surface area contributed by atoms with Gasteiger partial charge in [-0.15, -0.1) is 22.7 Å². The zero-order valence-corrected chi connectivity index (χ0v) is 16.4. The molecule has 0 radical (unpaired) electrons. The molecule has 4 rings (SSSR count). The van der Waals surface area contributed by atoms with E-state index in [1.54, 1.807) is 19.2 Å². The third kappa shape index (κ3) is 3.62. The Labute approximate surface area is 168 Å². The largest absolute Gasteiger partial charge is 0.496 e. The van der Waals surface area contributed by atoms with Gasteiger partial charge in [0.1, 0.15) is 16.4 Å². The summed E-state index contributed by atoms with van der Waals surface area (Å²) in [6, 6.07) is 12.8. The van der Waals surface area contributed by atoms with Crippen LogP contribution < -0.4 is 15.4 Å². The summed E-state index contributed by atoms with van der Waals surface area (Å²) < 4.78 is 5.30. The number of rotatable bonds is 6. The van der Waals surface area contributed by atoms with Crippen molar-refractivity contribution < 1.29 is 14.3 Å². The minimum Gasteiger partial charge on any atom is -0.496 e. The number of methoxy groups -OCH3 is 1. The van der Waals surface area contributed by atoms with Gasteiger partial charge in [-0.25, -0.2) is 0 Å². The van der Waals surface area contributed by atoms with Crippen molar-refractivity contribution in [2.24, 2.45) is 0 Å². The van der Waals surface area contributed by atoms with E-state index in [1.165, 1.54) is 22.7 Å². The number of anilines is 1. The Balaban J connectivity index is 1.48. The first-order valence-electron chi connectivity index (χ1n) is 8.38. The fourth-order valence-electron chi connectivity index (χ4n) is 2.71. The van der Waals surface area contributed by atoms with Crippen LogP contribution >= 0.6 is 22.7 Å². The first kappa shape index (κ1) is 18.2. The molecular weight excluding hydrogens is 396 g/mol. The van der Waals surface area contributed by atoms with Gasteiger partial charge < -0.3 is 15.4 Å². The maximum Gasteiger partial charge on any atom is 0.266 e. The molecule has 2 amide bonds. The highest BCUT2D eigenvalue weighted by molar-refractivity contribution is 7.20. The summed E-state index contributed by atoms with van der Waals surface area (Å²) in [7, 11) is 1.60. The maximum absolute atomic E-state index is 12.5. The van der Waals surface area contributed by atoms with E-state index in [2.05, 4.69) is 20.8 Å². The van der Waals surface area contributed by atoms with Gasteiger partial charge in [0, 0.05) is 12.1 Å². The second-order valence-corrected chi connectivity index (χ2v) is 7.83. The quantitative estimate of drug-likeness (QED) is 0.448. The van der Waals surface area contributed by atoms with Crippen LogP contribution in [-0.4, -0.2) is 29.1 Å². The Morgan fingerprint density at radius 3 is 2.79 bits per heavy atom. The van der Waals surface area contributed by atoms with E-state index in [0.29, 0.717) is 32.3 Å². The second-order valence-electron chi connectivity index (χ2n) is 5.85. The van der Waals surface area contributed by atoms with Crippen LogP contribution in [0.2, 0.25) is 0 Å². The van der Waals surface area contributed by atoms with Gasteiger partial charge in [-0.3, -0.25) is 14.7 Å². The van der Waals surface area contributed by atoms with Crippen molar-refractivity contribution in [1.82, 2.24) is 15.5 Å². The van der Waals surface area contributed by atoms with E-state index >= 15 is 0 Å². The summed E-state index contributed by atoms with van der Waals surface area (Å²) >= 11 is 2.62. The third-order valence-corrected chi connectivity index (χ3v) is 5.99. The van der Waals surface area contributed by atoms with Gasteiger partial charge in [0.05, 0.1) is 22.3 Å². The molecule has 0 atom stereocenters. The van der Waals surface area contributed by atoms with E-state index in [9.17, 15) is 9.59 Å². The number of benzene rings is 1. The summed E-state index contributed by atoms with van der Waals surface area (Å²) in [4.78, 5) is 26.6. The number of ether oxygens (including phenoxy) is 1. The molecule has 0 unspecified atom stereocenters. The Kier molecular flexibility index (Phi) is 5.09. The van der Waals surface area contributed by atoms with Crippen molar-refractivity contribution in [2.75, 3.05) is 12.4 Å². The highest BCUT2D eigenvalue weighted by Crippen LogP contribution is 2.30. The standard InChI is InChI=1S/C19H16N4O3S2/c1-26-13-6-3-2-5-11(13)10-20-17(24)15-9-12-16(22-23-19(12)28-15)21-18(25)14-7-4-8-27-14/h2-9H,10H2,1H3,(H,20,24)(H2,21,22,23,25). The maximum atomic E-state index is 12.5. The number of amides is 2. The molecule has 0 saturated carbocycles. The lowest BCUT2D eigenvalue weighted by Crippen LogP contribution is -2.22. The van der Waals surface area contributed by atoms with Gasteiger partial charge in [0.15, 0.2) is 0 Å². The molecule has 1 aromatic carbocycles. The molecule has 0 fully saturated rings. The predicted octanol–water partition coefficient (Wildman–Crippen LogP) is 3.88. The molecule has 28 heavy (non-hydrogen) atoms. The van der Waals surface area contributed by atoms with Gasteiger partial charge >= 0.3 is 0 Å². The number of para-hydroxylation sites is 1. The highest BCUT2D eigenvalue weighted by Gasteiger charge is 2.17. The molecule has 3 heterocycles. The molecule has 0 aliphatic carbocycles. The van der Waals surface area contributed by atoms with E-state index in [4.69, 9.17) is 4.74 Å². The SMILES string of the molecule is COc1ccccc1CNC(=O)c1cc2c(NC(=O)c3cccs3)[nH]nc2s1. The number of thiophene rings is 2. The third-order valence-electron chi connectivity index (χ3n) is 4.09. The Morgan fingerprint density at radius 1 is 1.14 bits per heavy atom. The van der Waals surface area contributed by atoms with Crippen molar-refractivity contribution in [2.45, 2.75) is 6.54 Å². The van der Waals surface area contributed by atoms with Crippen LogP contribution in [0.4, 0.5) is 5.82 Å². The first-order valence-corrected chi connectivity index (χ1v) is 10.1.